The molecule has 0 fully saturated rings. The molecule has 0 aromatic rings. The van der Waals surface area contributed by atoms with Gasteiger partial charge in [-0.1, -0.05) is 191 Å². The molecule has 0 saturated carbocycles. The number of hydrogen-bond acceptors (Lipinski definition) is 6. The molecule has 1 atom stereocenters. The van der Waals surface area contributed by atoms with Crippen LogP contribution in [0.25, 0.3) is 0 Å². The number of rotatable bonds is 44. The van der Waals surface area contributed by atoms with Crippen molar-refractivity contribution in [3.05, 3.63) is 60.8 Å². The third-order valence-corrected chi connectivity index (χ3v) is 10.5. The van der Waals surface area contributed by atoms with Crippen molar-refractivity contribution in [1.82, 2.24) is 0 Å². The van der Waals surface area contributed by atoms with Crippen LogP contribution in [0, 0.1) is 0 Å². The van der Waals surface area contributed by atoms with Crippen molar-refractivity contribution in [2.75, 3.05) is 13.2 Å². The van der Waals surface area contributed by atoms with Crippen molar-refractivity contribution >= 4 is 17.9 Å². The van der Waals surface area contributed by atoms with Crippen LogP contribution in [0.1, 0.15) is 239 Å². The Morgan fingerprint density at radius 1 is 0.339 bits per heavy atom. The third kappa shape index (κ3) is 46.0. The van der Waals surface area contributed by atoms with E-state index in [0.717, 1.165) is 83.5 Å². The molecule has 0 amide bonds. The van der Waals surface area contributed by atoms with E-state index in [0.29, 0.717) is 19.3 Å². The molecular formula is C53H92O6. The fourth-order valence-electron chi connectivity index (χ4n) is 6.70. The van der Waals surface area contributed by atoms with E-state index in [2.05, 4.69) is 81.5 Å². The van der Waals surface area contributed by atoms with Gasteiger partial charge in [0.15, 0.2) is 6.10 Å². The van der Waals surface area contributed by atoms with Gasteiger partial charge in [-0.25, -0.2) is 0 Å². The minimum atomic E-state index is -0.786. The Morgan fingerprint density at radius 2 is 0.627 bits per heavy atom. The molecule has 340 valence electrons. The van der Waals surface area contributed by atoms with Crippen LogP contribution in [0.15, 0.2) is 60.8 Å². The SMILES string of the molecule is CCCC/C=C\CCCCCCCC(=O)OCC(COC(=O)CCCCCCCC/C=C\C=C/CCCCC)OC(=O)CCCCCCCC/C=C\C=C/CCCCC. The Morgan fingerprint density at radius 3 is 1.00 bits per heavy atom. The van der Waals surface area contributed by atoms with Crippen molar-refractivity contribution in [1.29, 1.82) is 0 Å². The second kappa shape index (κ2) is 47.8. The van der Waals surface area contributed by atoms with Crippen LogP contribution >= 0.6 is 0 Å². The normalized spacial score (nSPS) is 12.5. The highest BCUT2D eigenvalue weighted by molar-refractivity contribution is 5.71. The van der Waals surface area contributed by atoms with Gasteiger partial charge in [-0.2, -0.15) is 0 Å². The van der Waals surface area contributed by atoms with E-state index in [9.17, 15) is 14.4 Å². The molecule has 0 saturated heterocycles. The summed E-state index contributed by atoms with van der Waals surface area (Å²) in [6.45, 7) is 6.51. The molecule has 59 heavy (non-hydrogen) atoms. The Hall–Kier alpha value is -2.89. The number of esters is 3. The molecule has 1 unspecified atom stereocenters. The first-order valence-electron chi connectivity index (χ1n) is 24.8. The second-order valence-electron chi connectivity index (χ2n) is 16.4. The van der Waals surface area contributed by atoms with E-state index in [-0.39, 0.29) is 31.1 Å². The number of unbranched alkanes of at least 4 members (excludes halogenated alkanes) is 25. The van der Waals surface area contributed by atoms with Crippen LogP contribution in [0.5, 0.6) is 0 Å². The first-order chi connectivity index (χ1) is 29.0. The lowest BCUT2D eigenvalue weighted by Crippen LogP contribution is -2.30. The quantitative estimate of drug-likeness (QED) is 0.0200. The Balaban J connectivity index is 4.42. The van der Waals surface area contributed by atoms with Crippen molar-refractivity contribution in [2.24, 2.45) is 0 Å². The van der Waals surface area contributed by atoms with Crippen molar-refractivity contribution in [2.45, 2.75) is 245 Å². The summed E-state index contributed by atoms with van der Waals surface area (Å²) < 4.78 is 16.7. The summed E-state index contributed by atoms with van der Waals surface area (Å²) in [5.74, 6) is -0.920. The molecule has 0 aromatic carbocycles. The molecule has 0 aliphatic rings. The molecule has 0 aromatic heterocycles. The molecule has 0 rings (SSSR count). The summed E-state index contributed by atoms with van der Waals surface area (Å²) in [4.78, 5) is 37.9. The van der Waals surface area contributed by atoms with E-state index in [1.165, 1.54) is 116 Å². The van der Waals surface area contributed by atoms with Gasteiger partial charge in [0.05, 0.1) is 0 Å². The van der Waals surface area contributed by atoms with Crippen LogP contribution in [0.4, 0.5) is 0 Å². The van der Waals surface area contributed by atoms with Crippen molar-refractivity contribution in [3.8, 4) is 0 Å². The summed E-state index contributed by atoms with van der Waals surface area (Å²) in [7, 11) is 0. The zero-order chi connectivity index (χ0) is 43.0. The predicted octanol–water partition coefficient (Wildman–Crippen LogP) is 16.1. The van der Waals surface area contributed by atoms with Gasteiger partial charge < -0.3 is 14.2 Å². The number of ether oxygens (including phenoxy) is 3. The molecule has 0 bridgehead atoms. The van der Waals surface area contributed by atoms with E-state index in [1.807, 2.05) is 0 Å². The van der Waals surface area contributed by atoms with E-state index < -0.39 is 6.10 Å². The van der Waals surface area contributed by atoms with E-state index in [1.54, 1.807) is 0 Å². The molecule has 0 radical (unpaired) electrons. The fraction of sp³-hybridized carbons (Fsp3) is 0.755. The van der Waals surface area contributed by atoms with Crippen molar-refractivity contribution < 1.29 is 28.6 Å². The number of allylic oxidation sites excluding steroid dienone is 10. The van der Waals surface area contributed by atoms with Gasteiger partial charge in [-0.3, -0.25) is 14.4 Å². The largest absolute Gasteiger partial charge is 0.462 e. The summed E-state index contributed by atoms with van der Waals surface area (Å²) >= 11 is 0. The van der Waals surface area contributed by atoms with E-state index in [4.69, 9.17) is 14.2 Å². The lowest BCUT2D eigenvalue weighted by molar-refractivity contribution is -0.167. The molecule has 0 spiro atoms. The van der Waals surface area contributed by atoms with Gasteiger partial charge in [0.25, 0.3) is 0 Å². The van der Waals surface area contributed by atoms with Crippen LogP contribution in [-0.4, -0.2) is 37.2 Å². The number of carbonyl (C=O) groups is 3. The van der Waals surface area contributed by atoms with Gasteiger partial charge in [0.1, 0.15) is 13.2 Å². The third-order valence-electron chi connectivity index (χ3n) is 10.5. The smallest absolute Gasteiger partial charge is 0.306 e. The van der Waals surface area contributed by atoms with E-state index >= 15 is 0 Å². The molecule has 0 N–H and O–H groups in total. The highest BCUT2D eigenvalue weighted by Gasteiger charge is 2.19. The number of carbonyl (C=O) groups excluding carboxylic acids is 3. The van der Waals surface area contributed by atoms with Gasteiger partial charge in [-0.05, 0) is 89.9 Å². The van der Waals surface area contributed by atoms with Gasteiger partial charge >= 0.3 is 17.9 Å². The highest BCUT2D eigenvalue weighted by atomic mass is 16.6. The number of hydrogen-bond donors (Lipinski definition) is 0. The maximum absolute atomic E-state index is 12.8. The molecule has 0 aliphatic heterocycles. The highest BCUT2D eigenvalue weighted by Crippen LogP contribution is 2.14. The molecule has 6 heteroatoms. The zero-order valence-corrected chi connectivity index (χ0v) is 38.8. The summed E-state index contributed by atoms with van der Waals surface area (Å²) in [5.41, 5.74) is 0. The van der Waals surface area contributed by atoms with Crippen LogP contribution in [0.3, 0.4) is 0 Å². The average molecular weight is 825 g/mol. The van der Waals surface area contributed by atoms with Crippen LogP contribution in [0.2, 0.25) is 0 Å². The van der Waals surface area contributed by atoms with Crippen LogP contribution < -0.4 is 0 Å². The predicted molar refractivity (Wildman–Crippen MR) is 251 cm³/mol. The summed E-state index contributed by atoms with van der Waals surface area (Å²) in [6, 6.07) is 0. The van der Waals surface area contributed by atoms with Crippen LogP contribution in [-0.2, 0) is 28.6 Å². The zero-order valence-electron chi connectivity index (χ0n) is 38.8. The standard InChI is InChI=1S/C53H92O6/c1-4-7-10-13-16-19-22-24-26-28-31-34-37-40-43-46-52(55)58-49-50(48-57-51(54)45-42-39-36-33-30-21-18-15-12-9-6-3)59-53(56)47-44-41-38-35-32-29-27-25-23-20-17-14-11-8-5-2/h15-20,22-25,50H,4-14,21,26-49H2,1-3H3/b18-15-,19-16-,20-17-,24-22-,25-23-. The second-order valence-corrected chi connectivity index (χ2v) is 16.4. The lowest BCUT2D eigenvalue weighted by atomic mass is 10.1. The fourth-order valence-corrected chi connectivity index (χ4v) is 6.70. The molecule has 6 nitrogen and oxygen atoms in total. The molecular weight excluding hydrogens is 733 g/mol. The summed E-state index contributed by atoms with van der Waals surface area (Å²) in [6.07, 6.45) is 57.6. The average Bonchev–Trinajstić information content (AvgIpc) is 3.23. The van der Waals surface area contributed by atoms with Crippen molar-refractivity contribution in [3.63, 3.8) is 0 Å². The molecule has 0 aliphatic carbocycles. The topological polar surface area (TPSA) is 78.9 Å². The first-order valence-corrected chi connectivity index (χ1v) is 24.8. The Kier molecular flexibility index (Phi) is 45.4. The van der Waals surface area contributed by atoms with Gasteiger partial charge in [0.2, 0.25) is 0 Å². The monoisotopic (exact) mass is 825 g/mol. The maximum Gasteiger partial charge on any atom is 0.306 e. The van der Waals surface area contributed by atoms with Gasteiger partial charge in [-0.15, -0.1) is 0 Å². The minimum absolute atomic E-state index is 0.0876. The minimum Gasteiger partial charge on any atom is -0.462 e. The Bertz CT molecular complexity index is 1090. The van der Waals surface area contributed by atoms with Gasteiger partial charge in [0, 0.05) is 19.3 Å². The molecule has 0 heterocycles. The summed E-state index contributed by atoms with van der Waals surface area (Å²) in [5, 5.41) is 0. The maximum atomic E-state index is 12.8. The Labute approximate surface area is 364 Å². The first kappa shape index (κ1) is 56.1. The lowest BCUT2D eigenvalue weighted by Gasteiger charge is -2.18.